The van der Waals surface area contributed by atoms with Crippen molar-refractivity contribution >= 4 is 27.6 Å². The normalized spacial score (nSPS) is 19.8. The van der Waals surface area contributed by atoms with Gasteiger partial charge in [-0.3, -0.25) is 0 Å². The van der Waals surface area contributed by atoms with E-state index in [1.165, 1.54) is 16.4 Å². The Morgan fingerprint density at radius 2 is 2.24 bits per heavy atom. The summed E-state index contributed by atoms with van der Waals surface area (Å²) in [5, 5.41) is 9.00. The SMILES string of the molecule is COCC1CCN(S(=O)(=O)c2cc(C(=O)O)ccc2Cl)C1. The van der Waals surface area contributed by atoms with Gasteiger partial charge in [-0.25, -0.2) is 13.2 Å². The Morgan fingerprint density at radius 3 is 2.86 bits per heavy atom. The van der Waals surface area contributed by atoms with E-state index < -0.39 is 16.0 Å². The average Bonchev–Trinajstić information content (AvgIpc) is 2.88. The molecule has 1 aliphatic rings. The van der Waals surface area contributed by atoms with Crippen molar-refractivity contribution in [2.24, 2.45) is 5.92 Å². The second-order valence-corrected chi connectivity index (χ2v) is 7.24. The Morgan fingerprint density at radius 1 is 1.52 bits per heavy atom. The van der Waals surface area contributed by atoms with Crippen LogP contribution in [0.1, 0.15) is 16.8 Å². The van der Waals surface area contributed by atoms with Gasteiger partial charge in [-0.2, -0.15) is 4.31 Å². The highest BCUT2D eigenvalue weighted by molar-refractivity contribution is 7.89. The largest absolute Gasteiger partial charge is 0.478 e. The smallest absolute Gasteiger partial charge is 0.335 e. The molecule has 8 heteroatoms. The fraction of sp³-hybridized carbons (Fsp3) is 0.462. The molecule has 0 amide bonds. The molecular formula is C13H16ClNO5S. The Bertz CT molecular complexity index is 646. The molecule has 1 unspecified atom stereocenters. The van der Waals surface area contributed by atoms with Crippen LogP contribution in [-0.4, -0.2) is 50.6 Å². The third-order valence-electron chi connectivity index (χ3n) is 3.45. The number of benzene rings is 1. The topological polar surface area (TPSA) is 83.9 Å². The molecule has 6 nitrogen and oxygen atoms in total. The first-order valence-electron chi connectivity index (χ1n) is 6.38. The van der Waals surface area contributed by atoms with Crippen molar-refractivity contribution in [3.05, 3.63) is 28.8 Å². The number of sulfonamides is 1. The van der Waals surface area contributed by atoms with Gasteiger partial charge in [0.05, 0.1) is 17.2 Å². The van der Waals surface area contributed by atoms with Gasteiger partial charge in [0.25, 0.3) is 0 Å². The zero-order valence-electron chi connectivity index (χ0n) is 11.5. The Balaban J connectivity index is 2.32. The van der Waals surface area contributed by atoms with E-state index in [1.807, 2.05) is 0 Å². The number of nitrogens with zero attached hydrogens (tertiary/aromatic N) is 1. The summed E-state index contributed by atoms with van der Waals surface area (Å²) < 4.78 is 31.5. The van der Waals surface area contributed by atoms with E-state index in [4.69, 9.17) is 21.4 Å². The van der Waals surface area contributed by atoms with Crippen LogP contribution in [0, 0.1) is 5.92 Å². The zero-order valence-corrected chi connectivity index (χ0v) is 13.0. The fourth-order valence-corrected chi connectivity index (χ4v) is 4.39. The minimum Gasteiger partial charge on any atom is -0.478 e. The van der Waals surface area contributed by atoms with Crippen molar-refractivity contribution in [2.45, 2.75) is 11.3 Å². The quantitative estimate of drug-likeness (QED) is 0.886. The third kappa shape index (κ3) is 3.37. The summed E-state index contributed by atoms with van der Waals surface area (Å²) in [4.78, 5) is 10.8. The first-order valence-corrected chi connectivity index (χ1v) is 8.20. The van der Waals surface area contributed by atoms with Gasteiger partial charge in [0.1, 0.15) is 4.90 Å². The molecule has 1 saturated heterocycles. The van der Waals surface area contributed by atoms with E-state index >= 15 is 0 Å². The summed E-state index contributed by atoms with van der Waals surface area (Å²) in [6.45, 7) is 1.22. The van der Waals surface area contributed by atoms with Gasteiger partial charge in [0.15, 0.2) is 0 Å². The Hall–Kier alpha value is -1.15. The first kappa shape index (κ1) is 16.2. The van der Waals surface area contributed by atoms with Crippen molar-refractivity contribution in [1.29, 1.82) is 0 Å². The first-order chi connectivity index (χ1) is 9.86. The number of carbonyl (C=O) groups is 1. The number of halogens is 1. The van der Waals surface area contributed by atoms with E-state index in [9.17, 15) is 13.2 Å². The van der Waals surface area contributed by atoms with Crippen molar-refractivity contribution in [3.8, 4) is 0 Å². The predicted molar refractivity (Wildman–Crippen MR) is 77.2 cm³/mol. The van der Waals surface area contributed by atoms with Gasteiger partial charge in [-0.15, -0.1) is 0 Å². The van der Waals surface area contributed by atoms with E-state index in [2.05, 4.69) is 0 Å². The van der Waals surface area contributed by atoms with Crippen LogP contribution in [0.15, 0.2) is 23.1 Å². The zero-order chi connectivity index (χ0) is 15.6. The highest BCUT2D eigenvalue weighted by Gasteiger charge is 2.34. The van der Waals surface area contributed by atoms with Gasteiger partial charge in [0.2, 0.25) is 10.0 Å². The van der Waals surface area contributed by atoms with Crippen LogP contribution in [0.25, 0.3) is 0 Å². The number of hydrogen-bond donors (Lipinski definition) is 1. The van der Waals surface area contributed by atoms with Crippen LogP contribution < -0.4 is 0 Å². The van der Waals surface area contributed by atoms with Crippen molar-refractivity contribution in [1.82, 2.24) is 4.31 Å². The molecule has 0 bridgehead atoms. The summed E-state index contributed by atoms with van der Waals surface area (Å²) in [6.07, 6.45) is 0.712. The lowest BCUT2D eigenvalue weighted by Crippen LogP contribution is -2.29. The fourth-order valence-electron chi connectivity index (χ4n) is 2.36. The monoisotopic (exact) mass is 333 g/mol. The summed E-state index contributed by atoms with van der Waals surface area (Å²) in [5.41, 5.74) is -0.106. The molecule has 1 aromatic carbocycles. The number of ether oxygens (including phenoxy) is 1. The van der Waals surface area contributed by atoms with Crippen LogP contribution in [-0.2, 0) is 14.8 Å². The lowest BCUT2D eigenvalue weighted by Gasteiger charge is -2.17. The number of hydrogen-bond acceptors (Lipinski definition) is 4. The molecule has 1 aromatic rings. The predicted octanol–water partition coefficient (Wildman–Crippen LogP) is 1.70. The maximum atomic E-state index is 12.6. The van der Waals surface area contributed by atoms with E-state index in [1.54, 1.807) is 7.11 Å². The maximum absolute atomic E-state index is 12.6. The van der Waals surface area contributed by atoms with Gasteiger partial charge >= 0.3 is 5.97 Å². The molecule has 0 spiro atoms. The molecule has 1 N–H and O–H groups in total. The summed E-state index contributed by atoms with van der Waals surface area (Å²) in [6, 6.07) is 3.67. The van der Waals surface area contributed by atoms with Crippen LogP contribution in [0.4, 0.5) is 0 Å². The number of carboxylic acids is 1. The van der Waals surface area contributed by atoms with Gasteiger partial charge in [-0.1, -0.05) is 11.6 Å². The molecule has 0 aromatic heterocycles. The summed E-state index contributed by atoms with van der Waals surface area (Å²) >= 11 is 5.94. The number of rotatable bonds is 5. The minimum absolute atomic E-state index is 0.0233. The molecule has 1 fully saturated rings. The summed E-state index contributed by atoms with van der Waals surface area (Å²) in [5.74, 6) is -1.05. The van der Waals surface area contributed by atoms with Gasteiger partial charge in [-0.05, 0) is 30.5 Å². The lowest BCUT2D eigenvalue weighted by atomic mass is 10.1. The van der Waals surface area contributed by atoms with E-state index in [0.29, 0.717) is 26.1 Å². The van der Waals surface area contributed by atoms with E-state index in [-0.39, 0.29) is 21.4 Å². The molecule has 0 radical (unpaired) electrons. The molecule has 116 valence electrons. The second-order valence-electron chi connectivity index (χ2n) is 4.92. The van der Waals surface area contributed by atoms with Gasteiger partial charge in [0, 0.05) is 20.2 Å². The van der Waals surface area contributed by atoms with Crippen molar-refractivity contribution < 1.29 is 23.1 Å². The number of carboxylic acid groups (broad SMARTS) is 1. The molecule has 1 heterocycles. The lowest BCUT2D eigenvalue weighted by molar-refractivity contribution is 0.0696. The van der Waals surface area contributed by atoms with Crippen LogP contribution >= 0.6 is 11.6 Å². The Kier molecular flexibility index (Phi) is 4.88. The van der Waals surface area contributed by atoms with Gasteiger partial charge < -0.3 is 9.84 Å². The average molecular weight is 334 g/mol. The summed E-state index contributed by atoms with van der Waals surface area (Å²) in [7, 11) is -2.22. The van der Waals surface area contributed by atoms with Crippen LogP contribution in [0.3, 0.4) is 0 Å². The highest BCUT2D eigenvalue weighted by Crippen LogP contribution is 2.29. The number of methoxy groups -OCH3 is 1. The second kappa shape index (κ2) is 6.31. The van der Waals surface area contributed by atoms with Crippen LogP contribution in [0.2, 0.25) is 5.02 Å². The van der Waals surface area contributed by atoms with Crippen LogP contribution in [0.5, 0.6) is 0 Å². The standard InChI is InChI=1S/C13H16ClNO5S/c1-20-8-9-4-5-15(7-9)21(18,19)12-6-10(13(16)17)2-3-11(12)14/h2-3,6,9H,4-5,7-8H2,1H3,(H,16,17). The molecule has 2 rings (SSSR count). The third-order valence-corrected chi connectivity index (χ3v) is 5.79. The molecule has 0 aliphatic carbocycles. The maximum Gasteiger partial charge on any atom is 0.335 e. The van der Waals surface area contributed by atoms with Crippen molar-refractivity contribution in [3.63, 3.8) is 0 Å². The van der Waals surface area contributed by atoms with E-state index in [0.717, 1.165) is 6.07 Å². The molecule has 1 aliphatic heterocycles. The van der Waals surface area contributed by atoms with Crippen molar-refractivity contribution in [2.75, 3.05) is 26.8 Å². The molecule has 1 atom stereocenters. The molecule has 0 saturated carbocycles. The molecule has 21 heavy (non-hydrogen) atoms. The Labute approximate surface area is 128 Å². The highest BCUT2D eigenvalue weighted by atomic mass is 35.5. The minimum atomic E-state index is -3.79. The number of aromatic carboxylic acids is 1. The molecular weight excluding hydrogens is 318 g/mol.